The molecule has 0 N–H and O–H groups in total. The van der Waals surface area contributed by atoms with Gasteiger partial charge in [-0.25, -0.2) is 0 Å². The fourth-order valence-electron chi connectivity index (χ4n) is 6.02. The van der Waals surface area contributed by atoms with Crippen LogP contribution < -0.4 is 4.89 Å². The largest absolute Gasteiger partial charge is 0.756 e. The van der Waals surface area contributed by atoms with Crippen molar-refractivity contribution in [2.24, 2.45) is 0 Å². The first-order valence-corrected chi connectivity index (χ1v) is 26.1. The van der Waals surface area contributed by atoms with Gasteiger partial charge in [0.05, 0.1) is 27.7 Å². The number of likely N-dealkylation sites (N-methyl/N-ethyl adjacent to an activating group) is 1. The summed E-state index contributed by atoms with van der Waals surface area (Å²) in [5.74, 6) is -0.889. The lowest BCUT2D eigenvalue weighted by atomic mass is 10.1. The Balaban J connectivity index is 4.29. The van der Waals surface area contributed by atoms with Gasteiger partial charge in [0.25, 0.3) is 7.82 Å². The maximum Gasteiger partial charge on any atom is 0.306 e. The van der Waals surface area contributed by atoms with Gasteiger partial charge in [-0.05, 0) is 96.3 Å². The van der Waals surface area contributed by atoms with Gasteiger partial charge in [-0.15, -0.1) is 0 Å². The summed E-state index contributed by atoms with van der Waals surface area (Å²) in [7, 11) is 1.12. The molecule has 0 radical (unpaired) electrons. The van der Waals surface area contributed by atoms with Crippen molar-refractivity contribution in [3.8, 4) is 0 Å². The molecule has 0 rings (SSSR count). The number of phosphoric acid groups is 1. The van der Waals surface area contributed by atoms with Crippen LogP contribution in [0.4, 0.5) is 0 Å². The molecule has 0 aromatic carbocycles. The first-order chi connectivity index (χ1) is 31.0. The van der Waals surface area contributed by atoms with E-state index < -0.39 is 32.5 Å². The minimum absolute atomic E-state index is 0.0438. The molecular weight excluding hydrogens is 822 g/mol. The van der Waals surface area contributed by atoms with Crippen LogP contribution in [0.3, 0.4) is 0 Å². The van der Waals surface area contributed by atoms with Crippen LogP contribution in [0.25, 0.3) is 0 Å². The number of hydrogen-bond donors (Lipinski definition) is 0. The summed E-state index contributed by atoms with van der Waals surface area (Å²) in [6, 6.07) is 0. The van der Waals surface area contributed by atoms with E-state index in [1.54, 1.807) is 0 Å². The fraction of sp³-hybridized carbons (Fsp3) is 0.630. The Bertz CT molecular complexity index is 1450. The predicted octanol–water partition coefficient (Wildman–Crippen LogP) is 14.1. The Kier molecular flexibility index (Phi) is 42.5. The molecule has 364 valence electrons. The molecule has 0 saturated heterocycles. The second-order valence-electron chi connectivity index (χ2n) is 17.1. The molecule has 0 spiro atoms. The molecule has 0 bridgehead atoms. The number of nitrogens with zero attached hydrogens (tertiary/aromatic N) is 1. The van der Waals surface area contributed by atoms with Crippen molar-refractivity contribution in [3.05, 3.63) is 109 Å². The SMILES string of the molecule is CC/C=C\C/C=C\C/C=C\C/C=C\C/C=C\C/C=C\CCCCCCCCCCC(=O)OC(COC(=O)CCCCC/C=C\C/C=C\C/C=C\CC)COP(=O)([O-])OCC[N+](C)(C)C. The molecular formula is C54H90NO8P. The first-order valence-electron chi connectivity index (χ1n) is 24.6. The number of quaternary nitrogens is 1. The van der Waals surface area contributed by atoms with Gasteiger partial charge in [0.2, 0.25) is 0 Å². The summed E-state index contributed by atoms with van der Waals surface area (Å²) < 4.78 is 33.9. The van der Waals surface area contributed by atoms with Crippen LogP contribution in [-0.2, 0) is 32.7 Å². The van der Waals surface area contributed by atoms with Crippen LogP contribution in [0.5, 0.6) is 0 Å². The van der Waals surface area contributed by atoms with Crippen LogP contribution in [0.2, 0.25) is 0 Å². The van der Waals surface area contributed by atoms with Crippen molar-refractivity contribution in [1.29, 1.82) is 0 Å². The van der Waals surface area contributed by atoms with E-state index in [1.807, 2.05) is 21.1 Å². The molecule has 9 nitrogen and oxygen atoms in total. The zero-order chi connectivity index (χ0) is 47.1. The number of phosphoric ester groups is 1. The first kappa shape index (κ1) is 60.7. The number of hydrogen-bond acceptors (Lipinski definition) is 8. The van der Waals surface area contributed by atoms with E-state index in [-0.39, 0.29) is 26.1 Å². The normalized spacial score (nSPS) is 14.4. The second-order valence-corrected chi connectivity index (χ2v) is 18.5. The Labute approximate surface area is 391 Å². The minimum atomic E-state index is -4.64. The van der Waals surface area contributed by atoms with Gasteiger partial charge in [-0.3, -0.25) is 14.2 Å². The lowest BCUT2D eigenvalue weighted by Gasteiger charge is -2.28. The number of ether oxygens (including phenoxy) is 2. The third-order valence-electron chi connectivity index (χ3n) is 9.79. The van der Waals surface area contributed by atoms with Gasteiger partial charge in [-0.1, -0.05) is 168 Å². The molecule has 0 aliphatic rings. The third-order valence-corrected chi connectivity index (χ3v) is 10.8. The minimum Gasteiger partial charge on any atom is -0.756 e. The van der Waals surface area contributed by atoms with Gasteiger partial charge in [-0.2, -0.15) is 0 Å². The highest BCUT2D eigenvalue weighted by molar-refractivity contribution is 7.45. The Morgan fingerprint density at radius 1 is 0.484 bits per heavy atom. The van der Waals surface area contributed by atoms with Gasteiger partial charge in [0.15, 0.2) is 6.10 Å². The van der Waals surface area contributed by atoms with Crippen LogP contribution in [0, 0.1) is 0 Å². The number of esters is 2. The summed E-state index contributed by atoms with van der Waals surface area (Å²) >= 11 is 0. The molecule has 0 aliphatic carbocycles. The van der Waals surface area contributed by atoms with Gasteiger partial charge < -0.3 is 27.9 Å². The summed E-state index contributed by atoms with van der Waals surface area (Å²) in [5, 5.41) is 0. The topological polar surface area (TPSA) is 111 Å². The van der Waals surface area contributed by atoms with Crippen molar-refractivity contribution in [2.45, 2.75) is 174 Å². The molecule has 0 fully saturated rings. The van der Waals surface area contributed by atoms with Crippen LogP contribution in [0.15, 0.2) is 109 Å². The second kappa shape index (κ2) is 44.9. The maximum absolute atomic E-state index is 12.7. The van der Waals surface area contributed by atoms with Crippen molar-refractivity contribution in [3.63, 3.8) is 0 Å². The lowest BCUT2D eigenvalue weighted by Crippen LogP contribution is -2.37. The molecule has 0 aromatic heterocycles. The van der Waals surface area contributed by atoms with Crippen LogP contribution in [-0.4, -0.2) is 70.0 Å². The van der Waals surface area contributed by atoms with E-state index >= 15 is 0 Å². The van der Waals surface area contributed by atoms with Gasteiger partial charge in [0.1, 0.15) is 19.8 Å². The molecule has 10 heteroatoms. The molecule has 0 aromatic rings. The standard InChI is InChI=1S/C54H90NO8P/c1-6-8-10-12-14-16-18-20-21-22-23-24-25-26-27-28-29-30-31-32-33-35-37-39-41-43-45-47-54(57)63-52(51-62-64(58,59)61-49-48-55(3,4)5)50-60-53(56)46-44-42-40-38-36-34-19-17-15-13-11-9-7-2/h8-11,14-17,20-21,23-24,26-27,29-30,34,36,52H,6-7,12-13,18-19,22,25,28,31-33,35,37-51H2,1-5H3/b10-8-,11-9-,16-14-,17-15-,21-20-,24-23-,27-26-,30-29-,36-34-. The highest BCUT2D eigenvalue weighted by atomic mass is 31.2. The number of rotatable bonds is 43. The van der Waals surface area contributed by atoms with Gasteiger partial charge >= 0.3 is 11.9 Å². The fourth-order valence-corrected chi connectivity index (χ4v) is 6.75. The average molecular weight is 912 g/mol. The highest BCUT2D eigenvalue weighted by Crippen LogP contribution is 2.38. The molecule has 2 unspecified atom stereocenters. The van der Waals surface area contributed by atoms with Gasteiger partial charge in [0, 0.05) is 12.8 Å². The molecule has 64 heavy (non-hydrogen) atoms. The van der Waals surface area contributed by atoms with E-state index in [1.165, 1.54) is 25.7 Å². The van der Waals surface area contributed by atoms with E-state index in [2.05, 4.69) is 123 Å². The summed E-state index contributed by atoms with van der Waals surface area (Å²) in [5.41, 5.74) is 0. The maximum atomic E-state index is 12.7. The monoisotopic (exact) mass is 912 g/mol. The average Bonchev–Trinajstić information content (AvgIpc) is 3.25. The number of unbranched alkanes of at least 4 members (excludes halogenated alkanes) is 11. The Morgan fingerprint density at radius 3 is 1.27 bits per heavy atom. The van der Waals surface area contributed by atoms with E-state index in [0.29, 0.717) is 23.9 Å². The number of carbonyl (C=O) groups is 2. The van der Waals surface area contributed by atoms with Crippen molar-refractivity contribution in [2.75, 3.05) is 47.5 Å². The zero-order valence-electron chi connectivity index (χ0n) is 40.9. The van der Waals surface area contributed by atoms with Crippen LogP contribution >= 0.6 is 7.82 Å². The summed E-state index contributed by atoms with van der Waals surface area (Å²) in [6.07, 6.45) is 61.3. The lowest BCUT2D eigenvalue weighted by molar-refractivity contribution is -0.870. The predicted molar refractivity (Wildman–Crippen MR) is 268 cm³/mol. The summed E-state index contributed by atoms with van der Waals surface area (Å²) in [4.78, 5) is 37.6. The smallest absolute Gasteiger partial charge is 0.306 e. The number of carbonyl (C=O) groups excluding carboxylic acids is 2. The third kappa shape index (κ3) is 48.1. The highest BCUT2D eigenvalue weighted by Gasteiger charge is 2.21. The van der Waals surface area contributed by atoms with Crippen molar-refractivity contribution < 1.29 is 42.1 Å². The van der Waals surface area contributed by atoms with E-state index in [0.717, 1.165) is 103 Å². The molecule has 0 heterocycles. The molecule has 0 saturated carbocycles. The van der Waals surface area contributed by atoms with Crippen molar-refractivity contribution in [1.82, 2.24) is 0 Å². The molecule has 2 atom stereocenters. The van der Waals surface area contributed by atoms with E-state index in [4.69, 9.17) is 18.5 Å². The Morgan fingerprint density at radius 2 is 0.844 bits per heavy atom. The van der Waals surface area contributed by atoms with Crippen LogP contribution in [0.1, 0.15) is 168 Å². The number of allylic oxidation sites excluding steroid dienone is 18. The summed E-state index contributed by atoms with van der Waals surface area (Å²) in [6.45, 7) is 3.93. The molecule has 0 aliphatic heterocycles. The quantitative estimate of drug-likeness (QED) is 0.0195. The van der Waals surface area contributed by atoms with Crippen molar-refractivity contribution >= 4 is 19.8 Å². The molecule has 0 amide bonds. The zero-order valence-corrected chi connectivity index (χ0v) is 41.8. The van der Waals surface area contributed by atoms with E-state index in [9.17, 15) is 19.0 Å². The Hall–Kier alpha value is -3.33.